The van der Waals surface area contributed by atoms with Crippen molar-refractivity contribution in [1.29, 1.82) is 0 Å². The summed E-state index contributed by atoms with van der Waals surface area (Å²) in [4.78, 5) is 14.8. The maximum atomic E-state index is 12.7. The van der Waals surface area contributed by atoms with Crippen LogP contribution in [0.4, 0.5) is 5.69 Å². The van der Waals surface area contributed by atoms with Crippen molar-refractivity contribution < 1.29 is 4.79 Å². The molecule has 0 aliphatic heterocycles. The number of anilines is 1. The van der Waals surface area contributed by atoms with Crippen molar-refractivity contribution in [1.82, 2.24) is 9.78 Å². The molecule has 1 aromatic heterocycles. The first-order valence-corrected chi connectivity index (χ1v) is 9.82. The van der Waals surface area contributed by atoms with Crippen molar-refractivity contribution in [2.75, 3.05) is 5.32 Å². The molecular formula is C22H16ClN3OS. The summed E-state index contributed by atoms with van der Waals surface area (Å²) in [5.41, 5.74) is 2.08. The molecular weight excluding hydrogens is 390 g/mol. The molecule has 0 saturated heterocycles. The van der Waals surface area contributed by atoms with E-state index in [0.29, 0.717) is 10.6 Å². The van der Waals surface area contributed by atoms with Gasteiger partial charge in [-0.05, 0) is 48.5 Å². The summed E-state index contributed by atoms with van der Waals surface area (Å²) >= 11 is 7.53. The van der Waals surface area contributed by atoms with Crippen LogP contribution in [0, 0.1) is 0 Å². The highest BCUT2D eigenvalue weighted by Gasteiger charge is 2.12. The van der Waals surface area contributed by atoms with Crippen LogP contribution in [0.2, 0.25) is 5.02 Å². The first kappa shape index (κ1) is 18.3. The van der Waals surface area contributed by atoms with E-state index in [1.807, 2.05) is 66.7 Å². The summed E-state index contributed by atoms with van der Waals surface area (Å²) in [5, 5.41) is 7.92. The highest BCUT2D eigenvalue weighted by Crippen LogP contribution is 2.33. The van der Waals surface area contributed by atoms with Crippen LogP contribution in [0.15, 0.2) is 101 Å². The van der Waals surface area contributed by atoms with Crippen molar-refractivity contribution in [2.45, 2.75) is 9.79 Å². The van der Waals surface area contributed by atoms with Crippen LogP contribution in [0.25, 0.3) is 5.69 Å². The average molecular weight is 406 g/mol. The third-order valence-electron chi connectivity index (χ3n) is 4.04. The summed E-state index contributed by atoms with van der Waals surface area (Å²) in [5.74, 6) is -0.207. The van der Waals surface area contributed by atoms with Crippen molar-refractivity contribution in [3.05, 3.63) is 102 Å². The van der Waals surface area contributed by atoms with Crippen LogP contribution in [-0.4, -0.2) is 15.7 Å². The number of hydrogen-bond donors (Lipinski definition) is 1. The smallest absolute Gasteiger partial charge is 0.258 e. The lowest BCUT2D eigenvalue weighted by Crippen LogP contribution is -2.11. The number of hydrogen-bond acceptors (Lipinski definition) is 3. The predicted octanol–water partition coefficient (Wildman–Crippen LogP) is 5.93. The number of rotatable bonds is 5. The van der Waals surface area contributed by atoms with Crippen LogP contribution in [-0.2, 0) is 0 Å². The molecule has 6 heteroatoms. The first-order valence-electron chi connectivity index (χ1n) is 8.63. The van der Waals surface area contributed by atoms with Gasteiger partial charge in [0.15, 0.2) is 0 Å². The zero-order valence-electron chi connectivity index (χ0n) is 14.7. The monoisotopic (exact) mass is 405 g/mol. The van der Waals surface area contributed by atoms with E-state index in [1.165, 1.54) is 0 Å². The van der Waals surface area contributed by atoms with Gasteiger partial charge in [0.2, 0.25) is 0 Å². The van der Waals surface area contributed by atoms with Gasteiger partial charge in [-0.2, -0.15) is 5.10 Å². The lowest BCUT2D eigenvalue weighted by molar-refractivity contribution is 0.102. The number of nitrogens with one attached hydrogen (secondary N) is 1. The van der Waals surface area contributed by atoms with E-state index < -0.39 is 0 Å². The van der Waals surface area contributed by atoms with Crippen LogP contribution in [0.3, 0.4) is 0 Å². The van der Waals surface area contributed by atoms with E-state index in [4.69, 9.17) is 11.6 Å². The minimum atomic E-state index is -0.207. The molecule has 4 nitrogen and oxygen atoms in total. The molecule has 0 bridgehead atoms. The lowest BCUT2D eigenvalue weighted by atomic mass is 10.3. The minimum Gasteiger partial charge on any atom is -0.321 e. The fourth-order valence-corrected chi connectivity index (χ4v) is 3.69. The molecule has 0 aliphatic rings. The third-order valence-corrected chi connectivity index (χ3v) is 5.38. The van der Waals surface area contributed by atoms with Crippen LogP contribution in [0.5, 0.6) is 0 Å². The maximum absolute atomic E-state index is 12.7. The van der Waals surface area contributed by atoms with Gasteiger partial charge in [-0.15, -0.1) is 0 Å². The second kappa shape index (κ2) is 8.33. The molecule has 0 unspecified atom stereocenters. The Morgan fingerprint density at radius 1 is 0.929 bits per heavy atom. The number of carbonyl (C=O) groups is 1. The SMILES string of the molecule is O=C(Nc1ccccc1Sc1ccccc1)c1cnn(-c2ccc(Cl)cc2)c1. The molecule has 0 fully saturated rings. The molecule has 0 saturated carbocycles. The molecule has 1 amide bonds. The van der Waals surface area contributed by atoms with Gasteiger partial charge < -0.3 is 5.32 Å². The van der Waals surface area contributed by atoms with Gasteiger partial charge in [-0.1, -0.05) is 53.7 Å². The van der Waals surface area contributed by atoms with Gasteiger partial charge in [0.25, 0.3) is 5.91 Å². The second-order valence-electron chi connectivity index (χ2n) is 6.02. The summed E-state index contributed by atoms with van der Waals surface area (Å²) in [6.45, 7) is 0. The number of amides is 1. The summed E-state index contributed by atoms with van der Waals surface area (Å²) < 4.78 is 1.65. The van der Waals surface area contributed by atoms with Gasteiger partial charge >= 0.3 is 0 Å². The van der Waals surface area contributed by atoms with Gasteiger partial charge in [-0.25, -0.2) is 4.68 Å². The zero-order valence-corrected chi connectivity index (χ0v) is 16.3. The van der Waals surface area contributed by atoms with Gasteiger partial charge in [0.1, 0.15) is 0 Å². The van der Waals surface area contributed by atoms with Crippen molar-refractivity contribution in [2.24, 2.45) is 0 Å². The van der Waals surface area contributed by atoms with E-state index in [2.05, 4.69) is 10.4 Å². The molecule has 28 heavy (non-hydrogen) atoms. The first-order chi connectivity index (χ1) is 13.7. The number of nitrogens with zero attached hydrogens (tertiary/aromatic N) is 2. The van der Waals surface area contributed by atoms with Gasteiger partial charge in [-0.3, -0.25) is 4.79 Å². The Morgan fingerprint density at radius 3 is 2.43 bits per heavy atom. The summed E-state index contributed by atoms with van der Waals surface area (Å²) in [6.07, 6.45) is 3.25. The molecule has 138 valence electrons. The summed E-state index contributed by atoms with van der Waals surface area (Å²) in [6, 6.07) is 25.1. The van der Waals surface area contributed by atoms with Gasteiger partial charge in [0.05, 0.1) is 23.1 Å². The molecule has 1 N–H and O–H groups in total. The fraction of sp³-hybridized carbons (Fsp3) is 0. The van der Waals surface area contributed by atoms with Crippen LogP contribution in [0.1, 0.15) is 10.4 Å². The Morgan fingerprint density at radius 2 is 1.64 bits per heavy atom. The predicted molar refractivity (Wildman–Crippen MR) is 114 cm³/mol. The average Bonchev–Trinajstić information content (AvgIpc) is 3.21. The van der Waals surface area contributed by atoms with E-state index >= 15 is 0 Å². The molecule has 1 heterocycles. The Hall–Kier alpha value is -3.02. The fourth-order valence-electron chi connectivity index (χ4n) is 2.64. The van der Waals surface area contributed by atoms with Crippen LogP contribution < -0.4 is 5.32 Å². The Balaban J connectivity index is 1.52. The summed E-state index contributed by atoms with van der Waals surface area (Å²) in [7, 11) is 0. The molecule has 3 aromatic carbocycles. The Labute approximate surface area is 172 Å². The minimum absolute atomic E-state index is 0.207. The molecule has 0 aliphatic carbocycles. The number of para-hydroxylation sites is 1. The maximum Gasteiger partial charge on any atom is 0.258 e. The zero-order chi connectivity index (χ0) is 19.3. The molecule has 0 atom stereocenters. The number of benzene rings is 3. The normalized spacial score (nSPS) is 10.6. The van der Waals surface area contributed by atoms with E-state index in [0.717, 1.165) is 21.2 Å². The molecule has 0 spiro atoms. The standard InChI is InChI=1S/C22H16ClN3OS/c23-17-10-12-18(13-11-17)26-15-16(14-24-26)22(27)25-20-8-4-5-9-21(20)28-19-6-2-1-3-7-19/h1-15H,(H,25,27). The number of halogens is 1. The van der Waals surface area contributed by atoms with Crippen LogP contribution >= 0.6 is 23.4 Å². The number of aromatic nitrogens is 2. The molecule has 4 aromatic rings. The highest BCUT2D eigenvalue weighted by molar-refractivity contribution is 7.99. The topological polar surface area (TPSA) is 46.9 Å². The van der Waals surface area contributed by atoms with Crippen molar-refractivity contribution in [3.8, 4) is 5.69 Å². The van der Waals surface area contributed by atoms with Gasteiger partial charge in [0, 0.05) is 21.0 Å². The lowest BCUT2D eigenvalue weighted by Gasteiger charge is -2.10. The Kier molecular flexibility index (Phi) is 5.46. The Bertz CT molecular complexity index is 1090. The van der Waals surface area contributed by atoms with Crippen molar-refractivity contribution >= 4 is 35.0 Å². The number of carbonyl (C=O) groups excluding carboxylic acids is 1. The third kappa shape index (κ3) is 4.27. The van der Waals surface area contributed by atoms with E-state index in [-0.39, 0.29) is 5.91 Å². The highest BCUT2D eigenvalue weighted by atomic mass is 35.5. The second-order valence-corrected chi connectivity index (χ2v) is 7.57. The van der Waals surface area contributed by atoms with E-state index in [1.54, 1.807) is 41.0 Å². The molecule has 0 radical (unpaired) electrons. The van der Waals surface area contributed by atoms with Crippen molar-refractivity contribution in [3.63, 3.8) is 0 Å². The quantitative estimate of drug-likeness (QED) is 0.447. The largest absolute Gasteiger partial charge is 0.321 e. The van der Waals surface area contributed by atoms with E-state index in [9.17, 15) is 4.79 Å². The molecule has 4 rings (SSSR count).